The molecule has 0 spiro atoms. The summed E-state index contributed by atoms with van der Waals surface area (Å²) in [6.07, 6.45) is 1.44. The van der Waals surface area contributed by atoms with Crippen molar-refractivity contribution in [3.8, 4) is 5.75 Å². The van der Waals surface area contributed by atoms with Gasteiger partial charge in [0.2, 0.25) is 0 Å². The molecule has 3 aromatic carbocycles. The average Bonchev–Trinajstić information content (AvgIpc) is 2.74. The van der Waals surface area contributed by atoms with E-state index in [-0.39, 0.29) is 18.2 Å². The highest BCUT2D eigenvalue weighted by molar-refractivity contribution is 5.95. The molecule has 0 radical (unpaired) electrons. The zero-order valence-corrected chi connectivity index (χ0v) is 16.7. The van der Waals surface area contributed by atoms with E-state index >= 15 is 0 Å². The first-order chi connectivity index (χ1) is 14.1. The van der Waals surface area contributed by atoms with Crippen LogP contribution in [0.1, 0.15) is 19.4 Å². The third-order valence-corrected chi connectivity index (χ3v) is 4.76. The molecule has 0 saturated carbocycles. The van der Waals surface area contributed by atoms with Gasteiger partial charge < -0.3 is 15.3 Å². The first-order valence-electron chi connectivity index (χ1n) is 9.73. The summed E-state index contributed by atoms with van der Waals surface area (Å²) in [4.78, 5) is 14.2. The molecule has 0 bridgehead atoms. The van der Waals surface area contributed by atoms with E-state index in [1.54, 1.807) is 12.1 Å². The number of aromatic hydroxyl groups is 1. The van der Waals surface area contributed by atoms with Gasteiger partial charge in [0.15, 0.2) is 0 Å². The summed E-state index contributed by atoms with van der Waals surface area (Å²) < 4.78 is 0. The van der Waals surface area contributed by atoms with Gasteiger partial charge in [-0.15, -0.1) is 0 Å². The van der Waals surface area contributed by atoms with Gasteiger partial charge in [0.1, 0.15) is 5.75 Å². The van der Waals surface area contributed by atoms with Gasteiger partial charge in [-0.1, -0.05) is 36.4 Å². The van der Waals surface area contributed by atoms with Crippen LogP contribution in [0.15, 0.2) is 65.8 Å². The second-order valence-corrected chi connectivity index (χ2v) is 6.59. The number of anilines is 2. The van der Waals surface area contributed by atoms with Crippen LogP contribution in [-0.4, -0.2) is 36.9 Å². The van der Waals surface area contributed by atoms with Gasteiger partial charge in [-0.3, -0.25) is 4.79 Å². The predicted molar refractivity (Wildman–Crippen MR) is 120 cm³/mol. The van der Waals surface area contributed by atoms with Crippen molar-refractivity contribution >= 4 is 34.3 Å². The Morgan fingerprint density at radius 1 is 1.07 bits per heavy atom. The maximum atomic E-state index is 12.1. The minimum Gasteiger partial charge on any atom is -0.507 e. The lowest BCUT2D eigenvalue weighted by atomic mass is 10.1. The first kappa shape index (κ1) is 20.2. The van der Waals surface area contributed by atoms with Gasteiger partial charge in [-0.05, 0) is 37.4 Å². The molecule has 0 unspecified atom stereocenters. The molecule has 0 atom stereocenters. The van der Waals surface area contributed by atoms with Crippen molar-refractivity contribution in [3.05, 3.63) is 66.2 Å². The van der Waals surface area contributed by atoms with Gasteiger partial charge in [-0.25, -0.2) is 5.43 Å². The normalized spacial score (nSPS) is 11.0. The van der Waals surface area contributed by atoms with Crippen molar-refractivity contribution in [2.45, 2.75) is 13.8 Å². The summed E-state index contributed by atoms with van der Waals surface area (Å²) in [5.41, 5.74) is 4.87. The molecule has 0 saturated heterocycles. The quantitative estimate of drug-likeness (QED) is 0.402. The number of hydrazone groups is 1. The van der Waals surface area contributed by atoms with Crippen LogP contribution in [0.5, 0.6) is 5.75 Å². The van der Waals surface area contributed by atoms with Crippen LogP contribution in [0.4, 0.5) is 11.4 Å². The number of nitrogens with zero attached hydrogens (tertiary/aromatic N) is 2. The maximum absolute atomic E-state index is 12.1. The van der Waals surface area contributed by atoms with Crippen LogP contribution >= 0.6 is 0 Å². The number of rotatable bonds is 8. The molecule has 6 heteroatoms. The van der Waals surface area contributed by atoms with E-state index in [0.29, 0.717) is 5.56 Å². The van der Waals surface area contributed by atoms with Crippen LogP contribution in [0.25, 0.3) is 10.8 Å². The van der Waals surface area contributed by atoms with Crippen LogP contribution in [0, 0.1) is 0 Å². The van der Waals surface area contributed by atoms with Gasteiger partial charge in [-0.2, -0.15) is 5.10 Å². The van der Waals surface area contributed by atoms with Crippen LogP contribution in [-0.2, 0) is 4.79 Å². The van der Waals surface area contributed by atoms with Crippen molar-refractivity contribution in [1.82, 2.24) is 5.43 Å². The first-order valence-corrected chi connectivity index (χ1v) is 9.73. The van der Waals surface area contributed by atoms with Crippen molar-refractivity contribution in [1.29, 1.82) is 0 Å². The number of amides is 1. The maximum Gasteiger partial charge on any atom is 0.259 e. The Balaban J connectivity index is 1.57. The number of hydrogen-bond donors (Lipinski definition) is 3. The zero-order valence-electron chi connectivity index (χ0n) is 16.7. The molecule has 3 rings (SSSR count). The molecule has 1 amide bonds. The van der Waals surface area contributed by atoms with E-state index in [9.17, 15) is 9.90 Å². The van der Waals surface area contributed by atoms with E-state index in [1.807, 2.05) is 48.5 Å². The Labute approximate surface area is 170 Å². The van der Waals surface area contributed by atoms with E-state index in [2.05, 4.69) is 34.6 Å². The highest BCUT2D eigenvalue weighted by Crippen LogP contribution is 2.24. The SMILES string of the molecule is CCN(CC)c1ccc(/C=N\NC(=O)CNc2cccc3ccccc23)c(O)c1. The topological polar surface area (TPSA) is 77.0 Å². The highest BCUT2D eigenvalue weighted by Gasteiger charge is 2.06. The monoisotopic (exact) mass is 390 g/mol. The molecule has 0 fully saturated rings. The average molecular weight is 390 g/mol. The summed E-state index contributed by atoms with van der Waals surface area (Å²) >= 11 is 0. The highest BCUT2D eigenvalue weighted by atomic mass is 16.3. The lowest BCUT2D eigenvalue weighted by molar-refractivity contribution is -0.119. The molecule has 150 valence electrons. The number of phenolic OH excluding ortho intramolecular Hbond substituents is 1. The fourth-order valence-corrected chi connectivity index (χ4v) is 3.20. The Morgan fingerprint density at radius 2 is 1.83 bits per heavy atom. The van der Waals surface area contributed by atoms with Crippen molar-refractivity contribution < 1.29 is 9.90 Å². The molecule has 0 aliphatic rings. The molecule has 3 N–H and O–H groups in total. The van der Waals surface area contributed by atoms with Crippen molar-refractivity contribution in [2.24, 2.45) is 5.10 Å². The molecular formula is C23H26N4O2. The fourth-order valence-electron chi connectivity index (χ4n) is 3.20. The zero-order chi connectivity index (χ0) is 20.6. The Bertz CT molecular complexity index is 1010. The largest absolute Gasteiger partial charge is 0.507 e. The summed E-state index contributed by atoms with van der Waals surface area (Å²) in [6, 6.07) is 19.3. The van der Waals surface area contributed by atoms with Gasteiger partial charge >= 0.3 is 0 Å². The second kappa shape index (κ2) is 9.59. The van der Waals surface area contributed by atoms with Crippen molar-refractivity contribution in [3.63, 3.8) is 0 Å². The minimum absolute atomic E-state index is 0.0955. The molecule has 0 aromatic heterocycles. The Morgan fingerprint density at radius 3 is 2.59 bits per heavy atom. The number of carbonyl (C=O) groups excluding carboxylic acids is 1. The third kappa shape index (κ3) is 5.04. The van der Waals surface area contributed by atoms with E-state index in [1.165, 1.54) is 6.21 Å². The summed E-state index contributed by atoms with van der Waals surface area (Å²) in [7, 11) is 0. The Hall–Kier alpha value is -3.54. The van der Waals surface area contributed by atoms with Crippen LogP contribution in [0.3, 0.4) is 0 Å². The van der Waals surface area contributed by atoms with Gasteiger partial charge in [0.05, 0.1) is 12.8 Å². The Kier molecular flexibility index (Phi) is 6.68. The smallest absolute Gasteiger partial charge is 0.259 e. The third-order valence-electron chi connectivity index (χ3n) is 4.76. The lowest BCUT2D eigenvalue weighted by Crippen LogP contribution is -2.26. The molecule has 0 aliphatic heterocycles. The number of phenols is 1. The molecular weight excluding hydrogens is 364 g/mol. The number of benzene rings is 3. The molecule has 3 aromatic rings. The molecule has 0 heterocycles. The number of hydrogen-bond acceptors (Lipinski definition) is 5. The lowest BCUT2D eigenvalue weighted by Gasteiger charge is -2.21. The van der Waals surface area contributed by atoms with Crippen molar-refractivity contribution in [2.75, 3.05) is 29.9 Å². The molecule has 29 heavy (non-hydrogen) atoms. The molecule has 6 nitrogen and oxygen atoms in total. The summed E-state index contributed by atoms with van der Waals surface area (Å²) in [5.74, 6) is -0.144. The second-order valence-electron chi connectivity index (χ2n) is 6.59. The number of nitrogens with one attached hydrogen (secondary N) is 2. The minimum atomic E-state index is -0.270. The van der Waals surface area contributed by atoms with E-state index < -0.39 is 0 Å². The summed E-state index contributed by atoms with van der Waals surface area (Å²) in [6.45, 7) is 5.96. The summed E-state index contributed by atoms with van der Waals surface area (Å²) in [5, 5.41) is 19.5. The van der Waals surface area contributed by atoms with Crippen LogP contribution < -0.4 is 15.6 Å². The standard InChI is InChI=1S/C23H26N4O2/c1-3-27(4-2)19-13-12-18(22(28)14-19)15-25-26-23(29)16-24-21-11-7-9-17-8-5-6-10-20(17)21/h5-15,24,28H,3-4,16H2,1-2H3,(H,26,29)/b25-15-. The van der Waals surface area contributed by atoms with Gasteiger partial charge in [0, 0.05) is 41.5 Å². The number of carbonyl (C=O) groups is 1. The predicted octanol–water partition coefficient (Wildman–Crippen LogP) is 3.95. The van der Waals surface area contributed by atoms with E-state index in [4.69, 9.17) is 0 Å². The fraction of sp³-hybridized carbons (Fsp3) is 0.217. The van der Waals surface area contributed by atoms with Crippen LogP contribution in [0.2, 0.25) is 0 Å². The van der Waals surface area contributed by atoms with Gasteiger partial charge in [0.25, 0.3) is 5.91 Å². The molecule has 0 aliphatic carbocycles. The van der Waals surface area contributed by atoms with E-state index in [0.717, 1.165) is 35.2 Å². The number of fused-ring (bicyclic) bond motifs is 1.